The zero-order valence-corrected chi connectivity index (χ0v) is 21.5. The predicted octanol–water partition coefficient (Wildman–Crippen LogP) is 4.55. The molecule has 0 spiro atoms. The molecule has 36 heavy (non-hydrogen) atoms. The molecule has 0 amide bonds. The van der Waals surface area contributed by atoms with Gasteiger partial charge in [0.05, 0.1) is 49.1 Å². The van der Waals surface area contributed by atoms with Crippen molar-refractivity contribution in [1.29, 1.82) is 0 Å². The second-order valence-corrected chi connectivity index (χ2v) is 8.07. The number of benzene rings is 3. The molecule has 0 saturated carbocycles. The molecular weight excluding hydrogens is 464 g/mol. The molecule has 1 N–H and O–H groups in total. The van der Waals surface area contributed by atoms with Crippen LogP contribution >= 0.6 is 0 Å². The highest BCUT2D eigenvalue weighted by Crippen LogP contribution is 2.37. The molecule has 0 fully saturated rings. The van der Waals surface area contributed by atoms with E-state index in [1.807, 2.05) is 36.4 Å². The van der Waals surface area contributed by atoms with Crippen LogP contribution in [0.15, 0.2) is 42.5 Å². The summed E-state index contributed by atoms with van der Waals surface area (Å²) in [6.45, 7) is 0. The quantitative estimate of drug-likeness (QED) is 0.391. The van der Waals surface area contributed by atoms with Gasteiger partial charge in [-0.15, -0.1) is 0 Å². The van der Waals surface area contributed by atoms with Gasteiger partial charge in [0.15, 0.2) is 34.5 Å². The molecule has 0 aromatic heterocycles. The van der Waals surface area contributed by atoms with Crippen molar-refractivity contribution < 1.29 is 38.3 Å². The topological polar surface area (TPSA) is 92.7 Å². The third-order valence-electron chi connectivity index (χ3n) is 5.98. The van der Waals surface area contributed by atoms with Gasteiger partial charge in [-0.3, -0.25) is 4.79 Å². The Kier molecular flexibility index (Phi) is 8.89. The average Bonchev–Trinajstić information content (AvgIpc) is 2.89. The number of aliphatic carboxylic acids is 1. The maximum absolute atomic E-state index is 11.6. The Balaban J connectivity index is 2.12. The number of carboxylic acids is 1. The van der Waals surface area contributed by atoms with Crippen LogP contribution in [0.5, 0.6) is 34.5 Å². The van der Waals surface area contributed by atoms with Crippen molar-refractivity contribution in [2.24, 2.45) is 0 Å². The van der Waals surface area contributed by atoms with Gasteiger partial charge in [0.2, 0.25) is 0 Å². The number of carboxylic acid groups (broad SMARTS) is 1. The third kappa shape index (κ3) is 5.94. The lowest BCUT2D eigenvalue weighted by molar-refractivity contribution is -0.136. The average molecular weight is 497 g/mol. The van der Waals surface area contributed by atoms with E-state index in [-0.39, 0.29) is 6.42 Å². The van der Waals surface area contributed by atoms with Crippen molar-refractivity contribution in [2.75, 3.05) is 42.7 Å². The Morgan fingerprint density at radius 1 is 0.556 bits per heavy atom. The maximum Gasteiger partial charge on any atom is 0.307 e. The van der Waals surface area contributed by atoms with Gasteiger partial charge in [-0.25, -0.2) is 0 Å². The summed E-state index contributed by atoms with van der Waals surface area (Å²) in [4.78, 5) is 11.6. The molecule has 192 valence electrons. The third-order valence-corrected chi connectivity index (χ3v) is 5.98. The summed E-state index contributed by atoms with van der Waals surface area (Å²) in [6, 6.07) is 13.2. The van der Waals surface area contributed by atoms with Crippen LogP contribution in [0.25, 0.3) is 0 Å². The smallest absolute Gasteiger partial charge is 0.307 e. The SMILES string of the molecule is COc1ccc(Cc2cc(OC)c(OC)cc2Cc2cc(OC)c(OC)cc2CC(=O)O)cc1OC. The number of ether oxygens (including phenoxy) is 6. The summed E-state index contributed by atoms with van der Waals surface area (Å²) in [7, 11) is 9.46. The Hall–Kier alpha value is -4.07. The molecule has 3 aromatic carbocycles. The fourth-order valence-electron chi connectivity index (χ4n) is 4.16. The van der Waals surface area contributed by atoms with Crippen molar-refractivity contribution in [3.63, 3.8) is 0 Å². The zero-order chi connectivity index (χ0) is 26.2. The normalized spacial score (nSPS) is 10.5. The molecule has 8 nitrogen and oxygen atoms in total. The molecule has 3 aromatic rings. The summed E-state index contributed by atoms with van der Waals surface area (Å²) in [5.41, 5.74) is 4.43. The van der Waals surface area contributed by atoms with Crippen LogP contribution in [0.4, 0.5) is 0 Å². The molecule has 0 aliphatic rings. The van der Waals surface area contributed by atoms with Crippen LogP contribution in [0, 0.1) is 0 Å². The fraction of sp³-hybridized carbons (Fsp3) is 0.321. The van der Waals surface area contributed by atoms with Crippen LogP contribution in [0.2, 0.25) is 0 Å². The van der Waals surface area contributed by atoms with Gasteiger partial charge < -0.3 is 33.5 Å². The van der Waals surface area contributed by atoms with Crippen LogP contribution < -0.4 is 28.4 Å². The van der Waals surface area contributed by atoms with E-state index in [1.54, 1.807) is 41.6 Å². The number of carbonyl (C=O) groups is 1. The molecule has 0 heterocycles. The molecule has 0 radical (unpaired) electrons. The minimum absolute atomic E-state index is 0.145. The lowest BCUT2D eigenvalue weighted by Gasteiger charge is -2.18. The highest BCUT2D eigenvalue weighted by atomic mass is 16.5. The number of hydrogen-bond acceptors (Lipinski definition) is 7. The van der Waals surface area contributed by atoms with Gasteiger partial charge in [-0.2, -0.15) is 0 Å². The van der Waals surface area contributed by atoms with E-state index in [0.717, 1.165) is 22.3 Å². The monoisotopic (exact) mass is 496 g/mol. The first-order valence-corrected chi connectivity index (χ1v) is 11.3. The van der Waals surface area contributed by atoms with E-state index in [9.17, 15) is 9.90 Å². The number of hydrogen-bond donors (Lipinski definition) is 1. The first kappa shape index (κ1) is 26.5. The van der Waals surface area contributed by atoms with Crippen LogP contribution in [-0.2, 0) is 24.1 Å². The van der Waals surface area contributed by atoms with Gasteiger partial charge in [-0.1, -0.05) is 6.07 Å². The molecular formula is C28H32O8. The van der Waals surface area contributed by atoms with Crippen molar-refractivity contribution in [3.8, 4) is 34.5 Å². The molecule has 3 rings (SSSR count). The maximum atomic E-state index is 11.6. The second kappa shape index (κ2) is 12.1. The van der Waals surface area contributed by atoms with Gasteiger partial charge >= 0.3 is 5.97 Å². The van der Waals surface area contributed by atoms with E-state index in [2.05, 4.69) is 0 Å². The second-order valence-electron chi connectivity index (χ2n) is 8.07. The fourth-order valence-corrected chi connectivity index (χ4v) is 4.16. The predicted molar refractivity (Wildman–Crippen MR) is 136 cm³/mol. The molecule has 0 saturated heterocycles. The van der Waals surface area contributed by atoms with Crippen LogP contribution in [0.3, 0.4) is 0 Å². The van der Waals surface area contributed by atoms with Gasteiger partial charge in [0.1, 0.15) is 0 Å². The molecule has 0 aliphatic heterocycles. The van der Waals surface area contributed by atoms with Gasteiger partial charge in [-0.05, 0) is 77.1 Å². The number of rotatable bonds is 12. The lowest BCUT2D eigenvalue weighted by Crippen LogP contribution is -2.07. The summed E-state index contributed by atoms with van der Waals surface area (Å²) >= 11 is 0. The highest BCUT2D eigenvalue weighted by Gasteiger charge is 2.18. The van der Waals surface area contributed by atoms with Crippen LogP contribution in [0.1, 0.15) is 27.8 Å². The molecule has 0 bridgehead atoms. The summed E-state index contributed by atoms with van der Waals surface area (Å²) in [5, 5.41) is 9.51. The summed E-state index contributed by atoms with van der Waals surface area (Å²) in [6.07, 6.45) is 0.886. The molecule has 0 unspecified atom stereocenters. The summed E-state index contributed by atoms with van der Waals surface area (Å²) < 4.78 is 32.8. The summed E-state index contributed by atoms with van der Waals surface area (Å²) in [5.74, 6) is 2.57. The Morgan fingerprint density at radius 2 is 0.944 bits per heavy atom. The first-order valence-electron chi connectivity index (χ1n) is 11.3. The lowest BCUT2D eigenvalue weighted by atomic mass is 9.91. The van der Waals surface area contributed by atoms with E-state index in [1.165, 1.54) is 7.11 Å². The highest BCUT2D eigenvalue weighted by molar-refractivity contribution is 5.71. The van der Waals surface area contributed by atoms with Crippen molar-refractivity contribution in [2.45, 2.75) is 19.3 Å². The first-order chi connectivity index (χ1) is 17.4. The van der Waals surface area contributed by atoms with Gasteiger partial charge in [0.25, 0.3) is 0 Å². The Bertz CT molecular complexity index is 1220. The number of methoxy groups -OCH3 is 6. The van der Waals surface area contributed by atoms with Crippen molar-refractivity contribution in [1.82, 2.24) is 0 Å². The van der Waals surface area contributed by atoms with Crippen molar-refractivity contribution in [3.05, 3.63) is 70.3 Å². The van der Waals surface area contributed by atoms with E-state index in [4.69, 9.17) is 28.4 Å². The molecule has 0 aliphatic carbocycles. The Morgan fingerprint density at radius 3 is 1.39 bits per heavy atom. The molecule has 0 atom stereocenters. The standard InChI is InChI=1S/C28H32O8/c1-31-22-8-7-17(10-23(22)32-2)9-18-12-24(33-3)25(34-4)13-19(18)11-20-14-26(35-5)27(36-6)15-21(20)16-28(29)30/h7-8,10,12-15H,9,11,16H2,1-6H3,(H,29,30). The Labute approximate surface area is 211 Å². The van der Waals surface area contributed by atoms with E-state index in [0.29, 0.717) is 52.9 Å². The van der Waals surface area contributed by atoms with Crippen LogP contribution in [-0.4, -0.2) is 53.7 Å². The van der Waals surface area contributed by atoms with E-state index < -0.39 is 5.97 Å². The van der Waals surface area contributed by atoms with Crippen molar-refractivity contribution >= 4 is 5.97 Å². The minimum atomic E-state index is -0.929. The van der Waals surface area contributed by atoms with E-state index >= 15 is 0 Å². The minimum Gasteiger partial charge on any atom is -0.493 e. The molecule has 8 heteroatoms. The zero-order valence-electron chi connectivity index (χ0n) is 21.5. The van der Waals surface area contributed by atoms with Gasteiger partial charge in [0, 0.05) is 0 Å². The largest absolute Gasteiger partial charge is 0.493 e.